The first-order valence-corrected chi connectivity index (χ1v) is 8.66. The van der Waals surface area contributed by atoms with Crippen molar-refractivity contribution in [2.45, 2.75) is 16.6 Å². The Kier molecular flexibility index (Phi) is 5.44. The van der Waals surface area contributed by atoms with Crippen molar-refractivity contribution in [3.05, 3.63) is 102 Å². The summed E-state index contributed by atoms with van der Waals surface area (Å²) in [6.07, 6.45) is 0.399. The van der Waals surface area contributed by atoms with Gasteiger partial charge in [-0.05, 0) is 29.8 Å². The van der Waals surface area contributed by atoms with Crippen LogP contribution in [0.25, 0.3) is 0 Å². The minimum absolute atomic E-state index is 0.00985. The van der Waals surface area contributed by atoms with Crippen LogP contribution in [0.1, 0.15) is 27.6 Å². The van der Waals surface area contributed by atoms with Crippen LogP contribution in [0.2, 0.25) is 0 Å². The molecule has 0 N–H and O–H groups in total. The first-order valence-electron chi connectivity index (χ1n) is 7.78. The molecular weight excluding hydrogens is 319 g/mol. The van der Waals surface area contributed by atoms with Crippen molar-refractivity contribution in [2.75, 3.05) is 0 Å². The number of ketones is 1. The van der Waals surface area contributed by atoms with E-state index in [0.29, 0.717) is 6.42 Å². The number of rotatable bonds is 6. The summed E-state index contributed by atoms with van der Waals surface area (Å²) in [6, 6.07) is 25.7. The Labute approximate surface area is 145 Å². The summed E-state index contributed by atoms with van der Waals surface area (Å²) in [4.78, 5) is 13.5. The number of hydrogen-bond acceptors (Lipinski definition) is 2. The number of benzene rings is 3. The standard InChI is InChI=1S/C21H17FOS/c22-18-11-13-19(14-12-18)24-21(17-9-5-2-6-10-17)15-20(23)16-7-3-1-4-8-16/h1-14,21H,15H2. The van der Waals surface area contributed by atoms with Gasteiger partial charge in [0.1, 0.15) is 5.82 Å². The monoisotopic (exact) mass is 336 g/mol. The highest BCUT2D eigenvalue weighted by Crippen LogP contribution is 2.38. The third-order valence-corrected chi connectivity index (χ3v) is 5.00. The topological polar surface area (TPSA) is 17.1 Å². The van der Waals surface area contributed by atoms with E-state index in [1.54, 1.807) is 23.9 Å². The van der Waals surface area contributed by atoms with Crippen molar-refractivity contribution in [3.8, 4) is 0 Å². The Hall–Kier alpha value is -2.39. The fourth-order valence-electron chi connectivity index (χ4n) is 2.48. The molecule has 120 valence electrons. The Morgan fingerprint density at radius 3 is 2.04 bits per heavy atom. The van der Waals surface area contributed by atoms with Gasteiger partial charge in [0, 0.05) is 22.1 Å². The number of carbonyl (C=O) groups excluding carboxylic acids is 1. The normalized spacial score (nSPS) is 11.9. The van der Waals surface area contributed by atoms with Gasteiger partial charge in [-0.3, -0.25) is 4.79 Å². The zero-order chi connectivity index (χ0) is 16.8. The molecule has 0 bridgehead atoms. The first-order chi connectivity index (χ1) is 11.7. The average Bonchev–Trinajstić information content (AvgIpc) is 2.64. The lowest BCUT2D eigenvalue weighted by atomic mass is 10.0. The lowest BCUT2D eigenvalue weighted by Gasteiger charge is -2.16. The maximum absolute atomic E-state index is 13.1. The number of halogens is 1. The van der Waals surface area contributed by atoms with Crippen LogP contribution in [0, 0.1) is 5.82 Å². The predicted molar refractivity (Wildman–Crippen MR) is 96.8 cm³/mol. The van der Waals surface area contributed by atoms with Crippen molar-refractivity contribution in [3.63, 3.8) is 0 Å². The van der Waals surface area contributed by atoms with Crippen LogP contribution in [0.3, 0.4) is 0 Å². The number of carbonyl (C=O) groups is 1. The maximum atomic E-state index is 13.1. The zero-order valence-electron chi connectivity index (χ0n) is 13.1. The molecule has 0 spiro atoms. The molecule has 0 aromatic heterocycles. The van der Waals surface area contributed by atoms with Gasteiger partial charge >= 0.3 is 0 Å². The van der Waals surface area contributed by atoms with Crippen LogP contribution >= 0.6 is 11.8 Å². The molecule has 0 fully saturated rings. The van der Waals surface area contributed by atoms with E-state index >= 15 is 0 Å². The summed E-state index contributed by atoms with van der Waals surface area (Å²) in [5, 5.41) is -0.00985. The summed E-state index contributed by atoms with van der Waals surface area (Å²) in [5.41, 5.74) is 1.81. The third-order valence-electron chi connectivity index (χ3n) is 3.73. The molecule has 1 atom stereocenters. The maximum Gasteiger partial charge on any atom is 0.164 e. The molecule has 3 rings (SSSR count). The Bertz CT molecular complexity index is 785. The van der Waals surface area contributed by atoms with Crippen molar-refractivity contribution in [1.82, 2.24) is 0 Å². The molecule has 1 unspecified atom stereocenters. The molecule has 0 heterocycles. The van der Waals surface area contributed by atoms with E-state index in [0.717, 1.165) is 16.0 Å². The van der Waals surface area contributed by atoms with E-state index in [2.05, 4.69) is 0 Å². The third kappa shape index (κ3) is 4.33. The Morgan fingerprint density at radius 1 is 0.833 bits per heavy atom. The SMILES string of the molecule is O=C(CC(Sc1ccc(F)cc1)c1ccccc1)c1ccccc1. The second kappa shape index (κ2) is 7.93. The van der Waals surface area contributed by atoms with E-state index in [9.17, 15) is 9.18 Å². The molecule has 3 aromatic carbocycles. The summed E-state index contributed by atoms with van der Waals surface area (Å²) < 4.78 is 13.1. The van der Waals surface area contributed by atoms with E-state index in [1.165, 1.54) is 12.1 Å². The van der Waals surface area contributed by atoms with Crippen molar-refractivity contribution in [1.29, 1.82) is 0 Å². The molecule has 0 saturated carbocycles. The second-order valence-electron chi connectivity index (χ2n) is 5.46. The zero-order valence-corrected chi connectivity index (χ0v) is 13.9. The lowest BCUT2D eigenvalue weighted by Crippen LogP contribution is -2.05. The van der Waals surface area contributed by atoms with Gasteiger partial charge in [0.2, 0.25) is 0 Å². The second-order valence-corrected chi connectivity index (χ2v) is 6.74. The van der Waals surface area contributed by atoms with E-state index in [-0.39, 0.29) is 16.9 Å². The molecule has 24 heavy (non-hydrogen) atoms. The largest absolute Gasteiger partial charge is 0.294 e. The van der Waals surface area contributed by atoms with E-state index in [4.69, 9.17) is 0 Å². The van der Waals surface area contributed by atoms with Gasteiger partial charge in [-0.1, -0.05) is 60.7 Å². The highest BCUT2D eigenvalue weighted by atomic mass is 32.2. The fourth-order valence-corrected chi connectivity index (χ4v) is 3.63. The number of hydrogen-bond donors (Lipinski definition) is 0. The van der Waals surface area contributed by atoms with Crippen molar-refractivity contribution >= 4 is 17.5 Å². The molecular formula is C21H17FOS. The highest BCUT2D eigenvalue weighted by Gasteiger charge is 2.18. The van der Waals surface area contributed by atoms with Crippen molar-refractivity contribution < 1.29 is 9.18 Å². The van der Waals surface area contributed by atoms with Crippen LogP contribution in [0.5, 0.6) is 0 Å². The van der Waals surface area contributed by atoms with Gasteiger partial charge < -0.3 is 0 Å². The van der Waals surface area contributed by atoms with Crippen LogP contribution in [0.15, 0.2) is 89.8 Å². The van der Waals surface area contributed by atoms with Crippen LogP contribution in [-0.4, -0.2) is 5.78 Å². The Morgan fingerprint density at radius 2 is 1.42 bits per heavy atom. The average molecular weight is 336 g/mol. The molecule has 0 aliphatic carbocycles. The minimum Gasteiger partial charge on any atom is -0.294 e. The summed E-state index contributed by atoms with van der Waals surface area (Å²) >= 11 is 1.59. The summed E-state index contributed by atoms with van der Waals surface area (Å²) in [6.45, 7) is 0. The van der Waals surface area contributed by atoms with Gasteiger partial charge in [0.25, 0.3) is 0 Å². The molecule has 0 aliphatic heterocycles. The molecule has 0 radical (unpaired) electrons. The van der Waals surface area contributed by atoms with Gasteiger partial charge in [0.15, 0.2) is 5.78 Å². The van der Waals surface area contributed by atoms with Gasteiger partial charge in [-0.15, -0.1) is 11.8 Å². The number of thioether (sulfide) groups is 1. The first kappa shape index (κ1) is 16.5. The van der Waals surface area contributed by atoms with Gasteiger partial charge in [0.05, 0.1) is 0 Å². The van der Waals surface area contributed by atoms with Crippen LogP contribution in [0.4, 0.5) is 4.39 Å². The molecule has 0 aliphatic rings. The predicted octanol–water partition coefficient (Wildman–Crippen LogP) is 5.93. The van der Waals surface area contributed by atoms with Crippen LogP contribution < -0.4 is 0 Å². The van der Waals surface area contributed by atoms with Gasteiger partial charge in [-0.25, -0.2) is 4.39 Å². The minimum atomic E-state index is -0.254. The number of Topliss-reactive ketones (excluding diaryl/α,β-unsaturated/α-hetero) is 1. The smallest absolute Gasteiger partial charge is 0.164 e. The van der Waals surface area contributed by atoms with Crippen molar-refractivity contribution in [2.24, 2.45) is 0 Å². The Balaban J connectivity index is 1.82. The molecule has 0 amide bonds. The summed E-state index contributed by atoms with van der Waals surface area (Å²) in [7, 11) is 0. The van der Waals surface area contributed by atoms with Crippen LogP contribution in [-0.2, 0) is 0 Å². The molecule has 3 heteroatoms. The lowest BCUT2D eigenvalue weighted by molar-refractivity contribution is 0.0982. The molecule has 3 aromatic rings. The van der Waals surface area contributed by atoms with E-state index < -0.39 is 0 Å². The quantitative estimate of drug-likeness (QED) is 0.410. The fraction of sp³-hybridized carbons (Fsp3) is 0.0952. The van der Waals surface area contributed by atoms with Gasteiger partial charge in [-0.2, -0.15) is 0 Å². The molecule has 0 saturated heterocycles. The highest BCUT2D eigenvalue weighted by molar-refractivity contribution is 7.99. The van der Waals surface area contributed by atoms with E-state index in [1.807, 2.05) is 60.7 Å². The molecule has 1 nitrogen and oxygen atoms in total. The summed E-state index contributed by atoms with van der Waals surface area (Å²) in [5.74, 6) is -0.143.